The van der Waals surface area contributed by atoms with Crippen molar-refractivity contribution in [3.8, 4) is 16.9 Å². The highest BCUT2D eigenvalue weighted by atomic mass is 16.5. The first kappa shape index (κ1) is 15.6. The van der Waals surface area contributed by atoms with Gasteiger partial charge in [-0.2, -0.15) is 0 Å². The summed E-state index contributed by atoms with van der Waals surface area (Å²) in [5, 5.41) is 3.50. The minimum atomic E-state index is 0.473. The molecular weight excluding hydrogens is 258 g/mol. The average Bonchev–Trinajstić information content (AvgIpc) is 2.47. The Labute approximate surface area is 128 Å². The van der Waals surface area contributed by atoms with Crippen molar-refractivity contribution in [3.63, 3.8) is 0 Å². The van der Waals surface area contributed by atoms with Crippen molar-refractivity contribution >= 4 is 0 Å². The standard InChI is InChI=1S/C19H25NO/c1-5-21-19-9-7-6-8-17(19)18-12-15(4)10-11-16(18)13-20-14(2)3/h6-12,14,20H,5,13H2,1-4H3. The summed E-state index contributed by atoms with van der Waals surface area (Å²) in [6.45, 7) is 10.0. The van der Waals surface area contributed by atoms with Crippen LogP contribution in [0.1, 0.15) is 31.9 Å². The molecule has 2 nitrogen and oxygen atoms in total. The van der Waals surface area contributed by atoms with E-state index in [2.05, 4.69) is 56.4 Å². The number of hydrogen-bond donors (Lipinski definition) is 1. The van der Waals surface area contributed by atoms with Gasteiger partial charge in [0, 0.05) is 18.2 Å². The monoisotopic (exact) mass is 283 g/mol. The van der Waals surface area contributed by atoms with Crippen molar-refractivity contribution in [1.82, 2.24) is 5.32 Å². The third-order valence-corrected chi connectivity index (χ3v) is 3.44. The summed E-state index contributed by atoms with van der Waals surface area (Å²) in [6.07, 6.45) is 0. The van der Waals surface area contributed by atoms with Gasteiger partial charge in [0.2, 0.25) is 0 Å². The number of benzene rings is 2. The van der Waals surface area contributed by atoms with Crippen LogP contribution in [-0.4, -0.2) is 12.6 Å². The van der Waals surface area contributed by atoms with Gasteiger partial charge in [0.25, 0.3) is 0 Å². The van der Waals surface area contributed by atoms with Gasteiger partial charge in [-0.25, -0.2) is 0 Å². The maximum atomic E-state index is 5.79. The predicted molar refractivity (Wildman–Crippen MR) is 89.8 cm³/mol. The Morgan fingerprint density at radius 1 is 1.05 bits per heavy atom. The molecule has 0 radical (unpaired) electrons. The van der Waals surface area contributed by atoms with Crippen molar-refractivity contribution in [2.24, 2.45) is 0 Å². The molecule has 0 aliphatic carbocycles. The number of nitrogens with one attached hydrogen (secondary N) is 1. The van der Waals surface area contributed by atoms with E-state index in [0.29, 0.717) is 12.6 Å². The van der Waals surface area contributed by atoms with Crippen LogP contribution in [0.3, 0.4) is 0 Å². The fourth-order valence-electron chi connectivity index (χ4n) is 2.38. The molecule has 0 fully saturated rings. The molecule has 2 heteroatoms. The van der Waals surface area contributed by atoms with Crippen LogP contribution < -0.4 is 10.1 Å². The van der Waals surface area contributed by atoms with Crippen LogP contribution in [0.5, 0.6) is 5.75 Å². The van der Waals surface area contributed by atoms with Gasteiger partial charge in [-0.1, -0.05) is 55.8 Å². The second-order valence-electron chi connectivity index (χ2n) is 5.63. The molecule has 1 N–H and O–H groups in total. The molecule has 0 saturated carbocycles. The van der Waals surface area contributed by atoms with Gasteiger partial charge < -0.3 is 10.1 Å². The van der Waals surface area contributed by atoms with E-state index in [1.165, 1.54) is 22.3 Å². The van der Waals surface area contributed by atoms with E-state index >= 15 is 0 Å². The molecular formula is C19H25NO. The predicted octanol–water partition coefficient (Wildman–Crippen LogP) is 4.56. The highest BCUT2D eigenvalue weighted by Gasteiger charge is 2.10. The van der Waals surface area contributed by atoms with Gasteiger partial charge >= 0.3 is 0 Å². The molecule has 0 amide bonds. The summed E-state index contributed by atoms with van der Waals surface area (Å²) in [5.41, 5.74) is 5.00. The van der Waals surface area contributed by atoms with Crippen molar-refractivity contribution in [2.75, 3.05) is 6.61 Å². The van der Waals surface area contributed by atoms with Crippen LogP contribution in [0.25, 0.3) is 11.1 Å². The molecule has 2 aromatic carbocycles. The Morgan fingerprint density at radius 3 is 2.52 bits per heavy atom. The SMILES string of the molecule is CCOc1ccccc1-c1cc(C)ccc1CNC(C)C. The summed E-state index contributed by atoms with van der Waals surface area (Å²) >= 11 is 0. The first-order valence-electron chi connectivity index (χ1n) is 7.67. The van der Waals surface area contributed by atoms with Gasteiger partial charge in [0.15, 0.2) is 0 Å². The number of hydrogen-bond acceptors (Lipinski definition) is 2. The summed E-state index contributed by atoms with van der Waals surface area (Å²) in [5.74, 6) is 0.955. The molecule has 0 aliphatic heterocycles. The lowest BCUT2D eigenvalue weighted by Crippen LogP contribution is -2.22. The van der Waals surface area contributed by atoms with Gasteiger partial charge in [-0.3, -0.25) is 0 Å². The molecule has 2 rings (SSSR count). The van der Waals surface area contributed by atoms with E-state index in [4.69, 9.17) is 4.74 Å². The van der Waals surface area contributed by atoms with Gasteiger partial charge in [-0.15, -0.1) is 0 Å². The largest absolute Gasteiger partial charge is 0.493 e. The van der Waals surface area contributed by atoms with Crippen LogP contribution in [0.15, 0.2) is 42.5 Å². The Hall–Kier alpha value is -1.80. The first-order valence-corrected chi connectivity index (χ1v) is 7.67. The zero-order valence-electron chi connectivity index (χ0n) is 13.4. The molecule has 0 saturated heterocycles. The quantitative estimate of drug-likeness (QED) is 0.839. The lowest BCUT2D eigenvalue weighted by atomic mass is 9.96. The summed E-state index contributed by atoms with van der Waals surface area (Å²) < 4.78 is 5.79. The van der Waals surface area contributed by atoms with Gasteiger partial charge in [0.05, 0.1) is 6.61 Å². The lowest BCUT2D eigenvalue weighted by Gasteiger charge is -2.16. The third kappa shape index (κ3) is 4.08. The number of ether oxygens (including phenoxy) is 1. The molecule has 0 bridgehead atoms. The zero-order chi connectivity index (χ0) is 15.2. The smallest absolute Gasteiger partial charge is 0.127 e. The Bertz CT molecular complexity index is 590. The molecule has 2 aromatic rings. The molecule has 0 unspecified atom stereocenters. The van der Waals surface area contributed by atoms with Crippen molar-refractivity contribution in [3.05, 3.63) is 53.6 Å². The van der Waals surface area contributed by atoms with E-state index in [1.807, 2.05) is 19.1 Å². The Kier molecular flexibility index (Phi) is 5.40. The van der Waals surface area contributed by atoms with Crippen molar-refractivity contribution in [1.29, 1.82) is 0 Å². The van der Waals surface area contributed by atoms with E-state index in [1.54, 1.807) is 0 Å². The van der Waals surface area contributed by atoms with Crippen molar-refractivity contribution in [2.45, 2.75) is 40.3 Å². The molecule has 21 heavy (non-hydrogen) atoms. The highest BCUT2D eigenvalue weighted by molar-refractivity contribution is 5.74. The minimum Gasteiger partial charge on any atom is -0.493 e. The van der Waals surface area contributed by atoms with Crippen LogP contribution in [0.2, 0.25) is 0 Å². The first-order chi connectivity index (χ1) is 10.1. The fourth-order valence-corrected chi connectivity index (χ4v) is 2.38. The van der Waals surface area contributed by atoms with E-state index in [-0.39, 0.29) is 0 Å². The average molecular weight is 283 g/mol. The second-order valence-corrected chi connectivity index (χ2v) is 5.63. The van der Waals surface area contributed by atoms with Crippen LogP contribution in [0, 0.1) is 6.92 Å². The summed E-state index contributed by atoms with van der Waals surface area (Å²) in [6, 6.07) is 15.4. The summed E-state index contributed by atoms with van der Waals surface area (Å²) in [7, 11) is 0. The Balaban J connectivity index is 2.44. The highest BCUT2D eigenvalue weighted by Crippen LogP contribution is 2.33. The zero-order valence-corrected chi connectivity index (χ0v) is 13.4. The molecule has 0 atom stereocenters. The summed E-state index contributed by atoms with van der Waals surface area (Å²) in [4.78, 5) is 0. The van der Waals surface area contributed by atoms with Crippen LogP contribution >= 0.6 is 0 Å². The van der Waals surface area contributed by atoms with E-state index < -0.39 is 0 Å². The number of para-hydroxylation sites is 1. The normalized spacial score (nSPS) is 10.9. The maximum Gasteiger partial charge on any atom is 0.127 e. The second kappa shape index (κ2) is 7.28. The maximum absolute atomic E-state index is 5.79. The molecule has 0 heterocycles. The third-order valence-electron chi connectivity index (χ3n) is 3.44. The van der Waals surface area contributed by atoms with E-state index in [0.717, 1.165) is 12.3 Å². The van der Waals surface area contributed by atoms with Gasteiger partial charge in [0.1, 0.15) is 5.75 Å². The van der Waals surface area contributed by atoms with Crippen LogP contribution in [-0.2, 0) is 6.54 Å². The van der Waals surface area contributed by atoms with Crippen molar-refractivity contribution < 1.29 is 4.74 Å². The molecule has 0 aromatic heterocycles. The molecule has 0 aliphatic rings. The molecule has 0 spiro atoms. The lowest BCUT2D eigenvalue weighted by molar-refractivity contribution is 0.341. The fraction of sp³-hybridized carbons (Fsp3) is 0.368. The number of aryl methyl sites for hydroxylation is 1. The minimum absolute atomic E-state index is 0.473. The molecule has 112 valence electrons. The van der Waals surface area contributed by atoms with E-state index in [9.17, 15) is 0 Å². The Morgan fingerprint density at radius 2 is 1.81 bits per heavy atom. The van der Waals surface area contributed by atoms with Gasteiger partial charge in [-0.05, 0) is 31.0 Å². The van der Waals surface area contributed by atoms with Crippen LogP contribution in [0.4, 0.5) is 0 Å². The number of rotatable bonds is 6. The topological polar surface area (TPSA) is 21.3 Å².